The van der Waals surface area contributed by atoms with Crippen molar-refractivity contribution >= 4 is 22.6 Å². The van der Waals surface area contributed by atoms with Gasteiger partial charge >= 0.3 is 5.97 Å². The van der Waals surface area contributed by atoms with Gasteiger partial charge < -0.3 is 18.9 Å². The predicted octanol–water partition coefficient (Wildman–Crippen LogP) is 9.19. The Morgan fingerprint density at radius 3 is 2.30 bits per heavy atom. The van der Waals surface area contributed by atoms with Gasteiger partial charge in [-0.3, -0.25) is 4.98 Å². The van der Waals surface area contributed by atoms with Gasteiger partial charge in [-0.05, 0) is 63.9 Å². The third kappa shape index (κ3) is 5.83. The Hall–Kier alpha value is -3.80. The van der Waals surface area contributed by atoms with Gasteiger partial charge in [0.15, 0.2) is 0 Å². The lowest BCUT2D eigenvalue weighted by molar-refractivity contribution is 0.0238. The molecule has 1 aliphatic rings. The van der Waals surface area contributed by atoms with Crippen molar-refractivity contribution in [2.24, 2.45) is 0 Å². The number of nitrogens with zero attached hydrogens (tertiary/aromatic N) is 3. The summed E-state index contributed by atoms with van der Waals surface area (Å²) >= 11 is 0. The van der Waals surface area contributed by atoms with Crippen molar-refractivity contribution in [2.75, 3.05) is 24.6 Å². The molecule has 1 unspecified atom stereocenters. The number of cyclic esters (lactones) is 1. The normalized spacial score (nSPS) is 15.9. The Morgan fingerprint density at radius 2 is 1.61 bits per heavy atom. The summed E-state index contributed by atoms with van der Waals surface area (Å²) in [5.41, 5.74) is 4.96. The van der Waals surface area contributed by atoms with Crippen LogP contribution in [0.2, 0.25) is 0 Å². The number of aryl methyl sites for hydroxylation is 1. The van der Waals surface area contributed by atoms with E-state index >= 15 is 0 Å². The van der Waals surface area contributed by atoms with Crippen molar-refractivity contribution in [2.45, 2.75) is 98.1 Å². The number of carbonyl (C=O) groups is 1. The lowest BCUT2D eigenvalue weighted by atomic mass is 9.80. The van der Waals surface area contributed by atoms with Gasteiger partial charge in [-0.15, -0.1) is 0 Å². The van der Waals surface area contributed by atoms with E-state index in [1.807, 2.05) is 13.0 Å². The summed E-state index contributed by atoms with van der Waals surface area (Å²) in [5.74, 6) is 0.372. The van der Waals surface area contributed by atoms with Crippen LogP contribution in [-0.4, -0.2) is 35.2 Å². The first kappa shape index (κ1) is 31.6. The molecule has 0 saturated carbocycles. The van der Waals surface area contributed by atoms with Crippen LogP contribution in [0.3, 0.4) is 0 Å². The summed E-state index contributed by atoms with van der Waals surface area (Å²) in [5, 5.41) is 1.05. The largest absolute Gasteiger partial charge is 0.493 e. The van der Waals surface area contributed by atoms with Crippen LogP contribution in [0.15, 0.2) is 60.8 Å². The fourth-order valence-electron chi connectivity index (χ4n) is 6.96. The fraction of sp³-hybridized carbons (Fsp3) is 0.474. The maximum Gasteiger partial charge on any atom is 0.341 e. The van der Waals surface area contributed by atoms with Crippen LogP contribution >= 0.6 is 0 Å². The highest BCUT2D eigenvalue weighted by Crippen LogP contribution is 2.52. The van der Waals surface area contributed by atoms with E-state index in [-0.39, 0.29) is 5.97 Å². The van der Waals surface area contributed by atoms with Crippen LogP contribution in [0.1, 0.15) is 112 Å². The van der Waals surface area contributed by atoms with Crippen LogP contribution in [0.5, 0.6) is 5.75 Å². The Labute approximate surface area is 263 Å². The second-order valence-corrected chi connectivity index (χ2v) is 11.9. The number of hydrogen-bond acceptors (Lipinski definition) is 5. The summed E-state index contributed by atoms with van der Waals surface area (Å²) in [6.45, 7) is 14.1. The molecule has 2 aromatic heterocycles. The van der Waals surface area contributed by atoms with Crippen LogP contribution in [0.25, 0.3) is 10.9 Å². The molecular weight excluding hydrogens is 546 g/mol. The molecule has 5 rings (SSSR count). The molecule has 0 N–H and O–H groups in total. The Balaban J connectivity index is 1.70. The average Bonchev–Trinajstić information content (AvgIpc) is 3.50. The van der Waals surface area contributed by atoms with Gasteiger partial charge in [0.05, 0.1) is 12.2 Å². The SMILES string of the molecule is CCCCCCN(CCCCCC)c1ccc(C2(c3c(C)n(CC)c4ccccc34)OC(=O)c3cccnc32)c(OCC)c1. The second kappa shape index (κ2) is 14.3. The molecule has 0 radical (unpaired) electrons. The van der Waals surface area contributed by atoms with E-state index in [1.54, 1.807) is 12.3 Å². The van der Waals surface area contributed by atoms with Crippen molar-refractivity contribution in [1.82, 2.24) is 9.55 Å². The molecule has 1 atom stereocenters. The summed E-state index contributed by atoms with van der Waals surface area (Å²) in [4.78, 5) is 21.0. The number of esters is 1. The molecule has 0 fully saturated rings. The van der Waals surface area contributed by atoms with Crippen molar-refractivity contribution in [3.05, 3.63) is 88.9 Å². The van der Waals surface area contributed by atoms with E-state index in [1.165, 1.54) is 51.4 Å². The number of rotatable bonds is 16. The molecule has 0 spiro atoms. The number of ether oxygens (including phenoxy) is 2. The maximum absolute atomic E-state index is 13.6. The van der Waals surface area contributed by atoms with E-state index in [0.29, 0.717) is 17.9 Å². The van der Waals surface area contributed by atoms with Crippen LogP contribution in [0, 0.1) is 6.92 Å². The van der Waals surface area contributed by atoms with E-state index in [2.05, 4.69) is 79.6 Å². The number of anilines is 1. The topological polar surface area (TPSA) is 56.6 Å². The Kier molecular flexibility index (Phi) is 10.3. The fourth-order valence-corrected chi connectivity index (χ4v) is 6.96. The Morgan fingerprint density at radius 1 is 0.886 bits per heavy atom. The van der Waals surface area contributed by atoms with Gasteiger partial charge in [-0.2, -0.15) is 0 Å². The van der Waals surface area contributed by atoms with E-state index in [4.69, 9.17) is 14.5 Å². The Bertz CT molecular complexity index is 1560. The number of para-hydroxylation sites is 1. The van der Waals surface area contributed by atoms with Crippen LogP contribution in [-0.2, 0) is 16.9 Å². The highest BCUT2D eigenvalue weighted by atomic mass is 16.6. The molecule has 0 aliphatic carbocycles. The van der Waals surface area contributed by atoms with Crippen LogP contribution in [0.4, 0.5) is 5.69 Å². The third-order valence-corrected chi connectivity index (χ3v) is 9.08. The first-order valence-corrected chi connectivity index (χ1v) is 16.8. The summed E-state index contributed by atoms with van der Waals surface area (Å²) in [6.07, 6.45) is 11.5. The summed E-state index contributed by atoms with van der Waals surface area (Å²) in [6, 6.07) is 18.5. The molecule has 0 amide bonds. The van der Waals surface area contributed by atoms with Crippen LogP contribution < -0.4 is 9.64 Å². The minimum atomic E-state index is -1.24. The highest BCUT2D eigenvalue weighted by Gasteiger charge is 2.54. The van der Waals surface area contributed by atoms with E-state index < -0.39 is 5.60 Å². The number of aromatic nitrogens is 2. The third-order valence-electron chi connectivity index (χ3n) is 9.08. The zero-order valence-electron chi connectivity index (χ0n) is 27.3. The molecule has 0 saturated heterocycles. The smallest absolute Gasteiger partial charge is 0.341 e. The molecule has 3 heterocycles. The van der Waals surface area contributed by atoms with E-state index in [9.17, 15) is 4.79 Å². The number of unbranched alkanes of at least 4 members (excludes halogenated alkanes) is 6. The maximum atomic E-state index is 13.6. The van der Waals surface area contributed by atoms with E-state index in [0.717, 1.165) is 58.8 Å². The monoisotopic (exact) mass is 595 g/mol. The molecule has 234 valence electrons. The number of carbonyl (C=O) groups excluding carboxylic acids is 1. The number of pyridine rings is 1. The van der Waals surface area contributed by atoms with Crippen molar-refractivity contribution in [3.63, 3.8) is 0 Å². The minimum absolute atomic E-state index is 0.360. The number of fused-ring (bicyclic) bond motifs is 2. The molecule has 1 aliphatic heterocycles. The highest BCUT2D eigenvalue weighted by molar-refractivity contribution is 5.98. The lowest BCUT2D eigenvalue weighted by Gasteiger charge is -2.32. The van der Waals surface area contributed by atoms with Crippen molar-refractivity contribution < 1.29 is 14.3 Å². The molecule has 44 heavy (non-hydrogen) atoms. The van der Waals surface area contributed by atoms with Gasteiger partial charge in [-0.1, -0.05) is 70.6 Å². The first-order chi connectivity index (χ1) is 21.5. The second-order valence-electron chi connectivity index (χ2n) is 11.9. The molecular formula is C38H49N3O3. The predicted molar refractivity (Wildman–Crippen MR) is 180 cm³/mol. The first-order valence-electron chi connectivity index (χ1n) is 16.8. The lowest BCUT2D eigenvalue weighted by Crippen LogP contribution is -2.32. The summed E-state index contributed by atoms with van der Waals surface area (Å²) < 4.78 is 15.4. The standard InChI is InChI=1S/C38H49N3O3/c1-6-10-12-16-25-40(26-17-13-11-7-2)29-22-23-32(34(27-29)43-9-4)38(36-31(37(42)44-38)20-18-24-39-36)35-28(5)41(8-3)33-21-15-14-19-30(33)35/h14-15,18-24,27H,6-13,16-17,25-26H2,1-5H3. The van der Waals surface area contributed by atoms with Gasteiger partial charge in [-0.25, -0.2) is 4.79 Å². The molecule has 2 aromatic carbocycles. The molecule has 0 bridgehead atoms. The number of benzene rings is 2. The zero-order valence-corrected chi connectivity index (χ0v) is 27.3. The number of hydrogen-bond donors (Lipinski definition) is 0. The van der Waals surface area contributed by atoms with Gasteiger partial charge in [0.1, 0.15) is 11.4 Å². The van der Waals surface area contributed by atoms with Crippen molar-refractivity contribution in [3.8, 4) is 5.75 Å². The van der Waals surface area contributed by atoms with Gasteiger partial charge in [0.25, 0.3) is 0 Å². The zero-order chi connectivity index (χ0) is 31.1. The molecule has 4 aromatic rings. The molecule has 6 heteroatoms. The van der Waals surface area contributed by atoms with Gasteiger partial charge in [0.2, 0.25) is 5.60 Å². The minimum Gasteiger partial charge on any atom is -0.493 e. The molecule has 6 nitrogen and oxygen atoms in total. The quantitative estimate of drug-likeness (QED) is 0.0955. The average molecular weight is 596 g/mol. The summed E-state index contributed by atoms with van der Waals surface area (Å²) in [7, 11) is 0. The van der Waals surface area contributed by atoms with Gasteiger partial charge in [0, 0.05) is 65.3 Å². The van der Waals surface area contributed by atoms with Crippen molar-refractivity contribution in [1.29, 1.82) is 0 Å².